The molecule has 1 aromatic carbocycles. The number of aryl methyl sites for hydroxylation is 1. The number of aliphatic carboxylic acids is 1. The molecule has 0 radical (unpaired) electrons. The molecule has 0 amide bonds. The summed E-state index contributed by atoms with van der Waals surface area (Å²) in [7, 11) is -3.87. The number of anilines is 2. The first-order valence-corrected chi connectivity index (χ1v) is 11.7. The van der Waals surface area contributed by atoms with E-state index in [4.69, 9.17) is 9.90 Å². The molecule has 9 nitrogen and oxygen atoms in total. The van der Waals surface area contributed by atoms with Gasteiger partial charge in [0.15, 0.2) is 5.82 Å². The smallest absolute Gasteiger partial charge is 0.478 e. The Morgan fingerprint density at radius 1 is 1.06 bits per heavy atom. The van der Waals surface area contributed by atoms with Crippen molar-refractivity contribution in [2.75, 3.05) is 22.7 Å². The van der Waals surface area contributed by atoms with E-state index in [9.17, 15) is 31.5 Å². The number of sulfonamides is 1. The monoisotopic (exact) mass is 503 g/mol. The van der Waals surface area contributed by atoms with E-state index in [0.717, 1.165) is 38.8 Å². The highest BCUT2D eigenvalue weighted by Crippen LogP contribution is 2.29. The minimum atomic E-state index is -5.08. The summed E-state index contributed by atoms with van der Waals surface area (Å²) in [4.78, 5) is 26.7. The summed E-state index contributed by atoms with van der Waals surface area (Å²) in [5.41, 5.74) is 0.750. The molecule has 1 saturated heterocycles. The van der Waals surface area contributed by atoms with Gasteiger partial charge in [-0.25, -0.2) is 23.0 Å². The number of hydrogen-bond donors (Lipinski definition) is 3. The summed E-state index contributed by atoms with van der Waals surface area (Å²) in [5, 5.41) is 16.4. The molecule has 2 aromatic rings. The fourth-order valence-electron chi connectivity index (χ4n) is 3.24. The molecule has 34 heavy (non-hydrogen) atoms. The first kappa shape index (κ1) is 26.9. The Labute approximate surface area is 194 Å². The average molecular weight is 503 g/mol. The van der Waals surface area contributed by atoms with Crippen LogP contribution in [0.15, 0.2) is 41.4 Å². The number of nitrogens with one attached hydrogen (secondary N) is 1. The van der Waals surface area contributed by atoms with Crippen molar-refractivity contribution in [1.82, 2.24) is 4.98 Å². The Morgan fingerprint density at radius 3 is 2.12 bits per heavy atom. The van der Waals surface area contributed by atoms with Gasteiger partial charge in [0.25, 0.3) is 10.0 Å². The fraction of sp³-hybridized carbons (Fsp3) is 0.381. The lowest BCUT2D eigenvalue weighted by Crippen LogP contribution is -2.27. The molecule has 1 aliphatic heterocycles. The van der Waals surface area contributed by atoms with Crippen molar-refractivity contribution < 1.29 is 41.4 Å². The van der Waals surface area contributed by atoms with Crippen molar-refractivity contribution in [1.29, 1.82) is 0 Å². The highest BCUT2D eigenvalue weighted by molar-refractivity contribution is 7.92. The van der Waals surface area contributed by atoms with E-state index in [1.54, 1.807) is 25.1 Å². The molecule has 1 aliphatic rings. The van der Waals surface area contributed by atoms with E-state index in [1.165, 1.54) is 18.3 Å². The second-order valence-electron chi connectivity index (χ2n) is 7.48. The third-order valence-electron chi connectivity index (χ3n) is 4.89. The lowest BCUT2D eigenvalue weighted by molar-refractivity contribution is -0.192. The van der Waals surface area contributed by atoms with Crippen LogP contribution in [0.25, 0.3) is 0 Å². The van der Waals surface area contributed by atoms with Gasteiger partial charge in [-0.15, -0.1) is 0 Å². The molecule has 3 rings (SSSR count). The number of nitrogens with zero attached hydrogens (tertiary/aromatic N) is 2. The number of carbonyl (C=O) groups is 2. The van der Waals surface area contributed by atoms with Gasteiger partial charge in [-0.1, -0.05) is 31.0 Å². The van der Waals surface area contributed by atoms with Gasteiger partial charge in [0.05, 0.1) is 16.1 Å². The van der Waals surface area contributed by atoms with Crippen molar-refractivity contribution in [3.8, 4) is 0 Å². The molecule has 186 valence electrons. The van der Waals surface area contributed by atoms with Crippen molar-refractivity contribution in [2.24, 2.45) is 0 Å². The van der Waals surface area contributed by atoms with Crippen LogP contribution in [-0.4, -0.2) is 54.8 Å². The molecule has 1 aromatic heterocycles. The minimum Gasteiger partial charge on any atom is -0.478 e. The van der Waals surface area contributed by atoms with Gasteiger partial charge in [0.2, 0.25) is 0 Å². The number of pyridine rings is 1. The van der Waals surface area contributed by atoms with Crippen molar-refractivity contribution in [3.63, 3.8) is 0 Å². The Balaban J connectivity index is 0.000000509. The number of halogens is 3. The molecule has 13 heteroatoms. The Hall–Kier alpha value is -3.35. The first-order valence-electron chi connectivity index (χ1n) is 10.2. The predicted octanol–water partition coefficient (Wildman–Crippen LogP) is 3.90. The number of aromatic carboxylic acids is 1. The molecule has 0 atom stereocenters. The van der Waals surface area contributed by atoms with Gasteiger partial charge in [0, 0.05) is 19.3 Å². The molecule has 3 N–H and O–H groups in total. The van der Waals surface area contributed by atoms with Crippen LogP contribution in [0.2, 0.25) is 0 Å². The van der Waals surface area contributed by atoms with Crippen LogP contribution in [0.1, 0.15) is 41.6 Å². The maximum atomic E-state index is 12.9. The number of rotatable bonds is 5. The first-order chi connectivity index (χ1) is 15.8. The molecule has 0 saturated carbocycles. The summed E-state index contributed by atoms with van der Waals surface area (Å²) in [5.74, 6) is -3.44. The van der Waals surface area contributed by atoms with Crippen molar-refractivity contribution in [2.45, 2.75) is 43.7 Å². The summed E-state index contributed by atoms with van der Waals surface area (Å²) >= 11 is 0. The second kappa shape index (κ2) is 11.2. The molecule has 0 spiro atoms. The lowest BCUT2D eigenvalue weighted by atomic mass is 10.2. The van der Waals surface area contributed by atoms with Gasteiger partial charge in [-0.05, 0) is 37.5 Å². The van der Waals surface area contributed by atoms with Crippen molar-refractivity contribution >= 4 is 33.5 Å². The Bertz CT molecular complexity index is 1130. The quantitative estimate of drug-likeness (QED) is 0.559. The van der Waals surface area contributed by atoms with Crippen LogP contribution in [0, 0.1) is 6.92 Å². The van der Waals surface area contributed by atoms with Gasteiger partial charge in [-0.2, -0.15) is 13.2 Å². The highest BCUT2D eigenvalue weighted by atomic mass is 32.2. The normalized spacial score (nSPS) is 14.4. The third kappa shape index (κ3) is 7.33. The molecular weight excluding hydrogens is 479 g/mol. The average Bonchev–Trinajstić information content (AvgIpc) is 3.03. The Kier molecular flexibility index (Phi) is 8.85. The topological polar surface area (TPSA) is 137 Å². The molecule has 0 bridgehead atoms. The van der Waals surface area contributed by atoms with E-state index in [0.29, 0.717) is 11.4 Å². The molecule has 0 aliphatic carbocycles. The van der Waals surface area contributed by atoms with Crippen molar-refractivity contribution in [3.05, 3.63) is 47.7 Å². The number of carboxylic acids is 2. The zero-order valence-electron chi connectivity index (χ0n) is 18.2. The standard InChI is InChI=1S/C19H23N3O4S.C2HF3O2/c1-14-8-4-5-9-17(14)27(25,26)21-16-12-15(19(23)24)13-20-18(16)22-10-6-2-3-7-11-22;3-2(4,5)1(6)7/h4-5,8-9,12-13,21H,2-3,6-7,10-11H2,1H3,(H,23,24);(H,6,7). The molecule has 2 heterocycles. The van der Waals surface area contributed by atoms with Crippen LogP contribution in [0.4, 0.5) is 24.7 Å². The third-order valence-corrected chi connectivity index (χ3v) is 6.41. The number of carboxylic acid groups (broad SMARTS) is 2. The zero-order chi connectivity index (χ0) is 25.5. The van der Waals surface area contributed by atoms with Gasteiger partial charge >= 0.3 is 18.1 Å². The fourth-order valence-corrected chi connectivity index (χ4v) is 4.54. The molecule has 1 fully saturated rings. The van der Waals surface area contributed by atoms with Gasteiger partial charge in [0.1, 0.15) is 0 Å². The van der Waals surface area contributed by atoms with Gasteiger partial charge < -0.3 is 15.1 Å². The summed E-state index contributed by atoms with van der Waals surface area (Å²) < 4.78 is 60.1. The van der Waals surface area contributed by atoms with Crippen LogP contribution < -0.4 is 9.62 Å². The summed E-state index contributed by atoms with van der Waals surface area (Å²) in [6.07, 6.45) is 0.411. The number of alkyl halides is 3. The zero-order valence-corrected chi connectivity index (χ0v) is 19.0. The minimum absolute atomic E-state index is 0.0592. The summed E-state index contributed by atoms with van der Waals surface area (Å²) in [6, 6.07) is 8.01. The van der Waals surface area contributed by atoms with E-state index in [2.05, 4.69) is 9.71 Å². The second-order valence-corrected chi connectivity index (χ2v) is 9.13. The number of benzene rings is 1. The van der Waals surface area contributed by atoms with Crippen LogP contribution in [-0.2, 0) is 14.8 Å². The van der Waals surface area contributed by atoms with E-state index >= 15 is 0 Å². The number of hydrogen-bond acceptors (Lipinski definition) is 6. The Morgan fingerprint density at radius 2 is 1.62 bits per heavy atom. The summed E-state index contributed by atoms with van der Waals surface area (Å²) in [6.45, 7) is 3.24. The lowest BCUT2D eigenvalue weighted by Gasteiger charge is -2.24. The van der Waals surface area contributed by atoms with E-state index in [1.807, 2.05) is 4.90 Å². The van der Waals surface area contributed by atoms with Crippen LogP contribution >= 0.6 is 0 Å². The predicted molar refractivity (Wildman–Crippen MR) is 118 cm³/mol. The van der Waals surface area contributed by atoms with Gasteiger partial charge in [-0.3, -0.25) is 4.72 Å². The maximum absolute atomic E-state index is 12.9. The largest absolute Gasteiger partial charge is 0.490 e. The maximum Gasteiger partial charge on any atom is 0.490 e. The highest BCUT2D eigenvalue weighted by Gasteiger charge is 2.38. The van der Waals surface area contributed by atoms with Crippen LogP contribution in [0.3, 0.4) is 0 Å². The van der Waals surface area contributed by atoms with Crippen LogP contribution in [0.5, 0.6) is 0 Å². The molecular formula is C21H24F3N3O6S. The molecule has 0 unspecified atom stereocenters. The SMILES string of the molecule is Cc1ccccc1S(=O)(=O)Nc1cc(C(=O)O)cnc1N1CCCCCC1.O=C(O)C(F)(F)F. The van der Waals surface area contributed by atoms with E-state index < -0.39 is 28.1 Å². The number of aromatic nitrogens is 1. The van der Waals surface area contributed by atoms with E-state index in [-0.39, 0.29) is 16.1 Å².